The molecular formula is C19H38O3. The van der Waals surface area contributed by atoms with Crippen molar-refractivity contribution < 1.29 is 15.3 Å². The highest BCUT2D eigenvalue weighted by Gasteiger charge is 2.08. The van der Waals surface area contributed by atoms with Crippen molar-refractivity contribution >= 4 is 0 Å². The van der Waals surface area contributed by atoms with E-state index in [4.69, 9.17) is 5.11 Å². The number of allylic oxidation sites excluding steroid dienone is 1. The summed E-state index contributed by atoms with van der Waals surface area (Å²) in [7, 11) is 0. The third-order valence-corrected chi connectivity index (χ3v) is 4.05. The van der Waals surface area contributed by atoms with Crippen LogP contribution in [0.25, 0.3) is 0 Å². The van der Waals surface area contributed by atoms with Crippen molar-refractivity contribution in [3.8, 4) is 0 Å². The van der Waals surface area contributed by atoms with Gasteiger partial charge in [-0.1, -0.05) is 76.9 Å². The first-order valence-electron chi connectivity index (χ1n) is 9.32. The zero-order valence-corrected chi connectivity index (χ0v) is 14.6. The number of hydrogen-bond donors (Lipinski definition) is 3. The van der Waals surface area contributed by atoms with Crippen molar-refractivity contribution in [3.05, 3.63) is 12.2 Å². The molecule has 0 amide bonds. The van der Waals surface area contributed by atoms with Crippen LogP contribution in [0.2, 0.25) is 0 Å². The van der Waals surface area contributed by atoms with Gasteiger partial charge in [0.05, 0.1) is 18.8 Å². The molecule has 0 aliphatic carbocycles. The van der Waals surface area contributed by atoms with Crippen LogP contribution < -0.4 is 0 Å². The summed E-state index contributed by atoms with van der Waals surface area (Å²) in [6.07, 6.45) is 18.2. The lowest BCUT2D eigenvalue weighted by molar-refractivity contribution is 0.0428. The summed E-state index contributed by atoms with van der Waals surface area (Å²) in [5.74, 6) is 0. The van der Waals surface area contributed by atoms with E-state index in [9.17, 15) is 10.2 Å². The fourth-order valence-corrected chi connectivity index (χ4v) is 2.61. The van der Waals surface area contributed by atoms with Crippen LogP contribution in [0.1, 0.15) is 90.4 Å². The molecule has 22 heavy (non-hydrogen) atoms. The summed E-state index contributed by atoms with van der Waals surface area (Å²) < 4.78 is 0. The summed E-state index contributed by atoms with van der Waals surface area (Å²) in [6.45, 7) is 1.98. The van der Waals surface area contributed by atoms with E-state index in [1.807, 2.05) is 6.08 Å². The SMILES string of the molecule is CCCCCCCCCCCC/C=C/CC(O)CC(O)CO. The maximum absolute atomic E-state index is 9.61. The van der Waals surface area contributed by atoms with Crippen molar-refractivity contribution in [2.45, 2.75) is 103 Å². The van der Waals surface area contributed by atoms with Crippen LogP contribution in [-0.4, -0.2) is 34.1 Å². The summed E-state index contributed by atoms with van der Waals surface area (Å²) in [5.41, 5.74) is 0. The summed E-state index contributed by atoms with van der Waals surface area (Å²) in [6, 6.07) is 0. The molecule has 3 nitrogen and oxygen atoms in total. The minimum absolute atomic E-state index is 0.249. The van der Waals surface area contributed by atoms with Crippen molar-refractivity contribution in [1.82, 2.24) is 0 Å². The molecule has 0 heterocycles. The van der Waals surface area contributed by atoms with Crippen LogP contribution >= 0.6 is 0 Å². The number of aliphatic hydroxyl groups is 3. The van der Waals surface area contributed by atoms with E-state index >= 15 is 0 Å². The first-order valence-corrected chi connectivity index (χ1v) is 9.32. The van der Waals surface area contributed by atoms with Gasteiger partial charge >= 0.3 is 0 Å². The molecule has 2 unspecified atom stereocenters. The zero-order valence-electron chi connectivity index (χ0n) is 14.6. The maximum atomic E-state index is 9.61. The van der Waals surface area contributed by atoms with E-state index in [-0.39, 0.29) is 13.0 Å². The molecule has 2 atom stereocenters. The molecule has 0 aromatic carbocycles. The van der Waals surface area contributed by atoms with Gasteiger partial charge in [-0.05, 0) is 19.3 Å². The summed E-state index contributed by atoms with van der Waals surface area (Å²) in [5, 5.41) is 27.5. The van der Waals surface area contributed by atoms with Gasteiger partial charge in [-0.15, -0.1) is 0 Å². The zero-order chi connectivity index (χ0) is 16.5. The molecule has 132 valence electrons. The lowest BCUT2D eigenvalue weighted by Gasteiger charge is -2.11. The highest BCUT2D eigenvalue weighted by molar-refractivity contribution is 4.84. The van der Waals surface area contributed by atoms with E-state index in [2.05, 4.69) is 13.0 Å². The predicted molar refractivity (Wildman–Crippen MR) is 93.9 cm³/mol. The lowest BCUT2D eigenvalue weighted by Crippen LogP contribution is -2.20. The van der Waals surface area contributed by atoms with Gasteiger partial charge < -0.3 is 15.3 Å². The van der Waals surface area contributed by atoms with Gasteiger partial charge in [-0.25, -0.2) is 0 Å². The fourth-order valence-electron chi connectivity index (χ4n) is 2.61. The second kappa shape index (κ2) is 17.0. The lowest BCUT2D eigenvalue weighted by atomic mass is 10.1. The quantitative estimate of drug-likeness (QED) is 0.293. The average Bonchev–Trinajstić information content (AvgIpc) is 2.51. The van der Waals surface area contributed by atoms with Crippen molar-refractivity contribution in [2.24, 2.45) is 0 Å². The van der Waals surface area contributed by atoms with Crippen LogP contribution in [0.15, 0.2) is 12.2 Å². The van der Waals surface area contributed by atoms with Crippen molar-refractivity contribution in [2.75, 3.05) is 6.61 Å². The van der Waals surface area contributed by atoms with Crippen LogP contribution in [0, 0.1) is 0 Å². The van der Waals surface area contributed by atoms with E-state index in [1.165, 1.54) is 64.2 Å². The minimum Gasteiger partial charge on any atom is -0.394 e. The number of unbranched alkanes of at least 4 members (excludes halogenated alkanes) is 10. The minimum atomic E-state index is -0.801. The highest BCUT2D eigenvalue weighted by Crippen LogP contribution is 2.11. The van der Waals surface area contributed by atoms with E-state index in [0.717, 1.165) is 6.42 Å². The maximum Gasteiger partial charge on any atom is 0.0795 e. The molecule has 0 spiro atoms. The molecule has 0 aromatic rings. The molecule has 0 radical (unpaired) electrons. The Bertz CT molecular complexity index is 241. The van der Waals surface area contributed by atoms with E-state index in [0.29, 0.717) is 6.42 Å². The molecule has 3 N–H and O–H groups in total. The molecule has 0 saturated carbocycles. The predicted octanol–water partition coefficient (Wildman–Crippen LogP) is 4.35. The molecule has 0 rings (SSSR count). The Morgan fingerprint density at radius 1 is 0.727 bits per heavy atom. The van der Waals surface area contributed by atoms with Crippen LogP contribution in [0.3, 0.4) is 0 Å². The van der Waals surface area contributed by atoms with Crippen LogP contribution in [0.4, 0.5) is 0 Å². The first-order chi connectivity index (χ1) is 10.7. The fraction of sp³-hybridized carbons (Fsp3) is 0.895. The molecule has 3 heteroatoms. The Hall–Kier alpha value is -0.380. The largest absolute Gasteiger partial charge is 0.394 e. The average molecular weight is 315 g/mol. The first kappa shape index (κ1) is 21.6. The molecule has 0 saturated heterocycles. The van der Waals surface area contributed by atoms with Crippen LogP contribution in [-0.2, 0) is 0 Å². The molecule has 0 bridgehead atoms. The van der Waals surface area contributed by atoms with Gasteiger partial charge in [0.15, 0.2) is 0 Å². The van der Waals surface area contributed by atoms with Gasteiger partial charge in [-0.3, -0.25) is 0 Å². The van der Waals surface area contributed by atoms with Gasteiger partial charge in [-0.2, -0.15) is 0 Å². The van der Waals surface area contributed by atoms with Gasteiger partial charge in [0.2, 0.25) is 0 Å². The Morgan fingerprint density at radius 3 is 1.82 bits per heavy atom. The third kappa shape index (κ3) is 16.0. The molecular weight excluding hydrogens is 276 g/mol. The Kier molecular flexibility index (Phi) is 16.7. The standard InChI is InChI=1S/C19H38O3/c1-2-3-4-5-6-7-8-9-10-11-12-13-14-15-18(21)16-19(22)17-20/h13-14,18-22H,2-12,15-17H2,1H3/b14-13+. The monoisotopic (exact) mass is 314 g/mol. The topological polar surface area (TPSA) is 60.7 Å². The second-order valence-corrected chi connectivity index (χ2v) is 6.40. The third-order valence-electron chi connectivity index (χ3n) is 4.05. The van der Waals surface area contributed by atoms with E-state index < -0.39 is 12.2 Å². The van der Waals surface area contributed by atoms with Crippen molar-refractivity contribution in [3.63, 3.8) is 0 Å². The smallest absolute Gasteiger partial charge is 0.0795 e. The Balaban J connectivity index is 3.23. The summed E-state index contributed by atoms with van der Waals surface area (Å²) >= 11 is 0. The van der Waals surface area contributed by atoms with Crippen LogP contribution in [0.5, 0.6) is 0 Å². The molecule has 0 aromatic heterocycles. The number of rotatable bonds is 16. The number of aliphatic hydroxyl groups excluding tert-OH is 3. The summed E-state index contributed by atoms with van der Waals surface area (Å²) in [4.78, 5) is 0. The van der Waals surface area contributed by atoms with Gasteiger partial charge in [0.25, 0.3) is 0 Å². The number of hydrogen-bond acceptors (Lipinski definition) is 3. The molecule has 0 fully saturated rings. The molecule has 0 aliphatic rings. The van der Waals surface area contributed by atoms with Crippen molar-refractivity contribution in [1.29, 1.82) is 0 Å². The highest BCUT2D eigenvalue weighted by atomic mass is 16.3. The molecule has 0 aliphatic heterocycles. The van der Waals surface area contributed by atoms with Gasteiger partial charge in [0.1, 0.15) is 0 Å². The second-order valence-electron chi connectivity index (χ2n) is 6.40. The van der Waals surface area contributed by atoms with Gasteiger partial charge in [0, 0.05) is 6.42 Å². The Labute approximate surface area is 137 Å². The van der Waals surface area contributed by atoms with E-state index in [1.54, 1.807) is 0 Å². The normalized spacial score (nSPS) is 14.5. The Morgan fingerprint density at radius 2 is 1.27 bits per heavy atom.